The lowest BCUT2D eigenvalue weighted by atomic mass is 10.1. The fourth-order valence-electron chi connectivity index (χ4n) is 1.59. The van der Waals surface area contributed by atoms with Crippen LogP contribution in [0.25, 0.3) is 6.08 Å². The third-order valence-corrected chi connectivity index (χ3v) is 3.12. The Labute approximate surface area is 125 Å². The van der Waals surface area contributed by atoms with Crippen LogP contribution in [0.3, 0.4) is 0 Å². The van der Waals surface area contributed by atoms with E-state index < -0.39 is 5.97 Å². The molecule has 0 bridgehead atoms. The number of carbonyl (C=O) groups is 1. The molecule has 1 N–H and O–H groups in total. The number of hydrogen-bond acceptors (Lipinski definition) is 4. The lowest BCUT2D eigenvalue weighted by Crippen LogP contribution is -2.25. The summed E-state index contributed by atoms with van der Waals surface area (Å²) < 4.78 is 16.3. The lowest BCUT2D eigenvalue weighted by Gasteiger charge is -2.23. The normalized spacial score (nSPS) is 11.6. The third-order valence-electron chi connectivity index (χ3n) is 3.12. The Morgan fingerprint density at radius 2 is 2.00 bits per heavy atom. The molecule has 0 atom stereocenters. The second kappa shape index (κ2) is 7.69. The van der Waals surface area contributed by atoms with Crippen molar-refractivity contribution in [3.05, 3.63) is 29.8 Å². The average Bonchev–Trinajstić information content (AvgIpc) is 2.45. The number of aliphatic carboxylic acids is 1. The molecule has 0 saturated heterocycles. The van der Waals surface area contributed by atoms with Crippen molar-refractivity contribution in [1.82, 2.24) is 0 Å². The summed E-state index contributed by atoms with van der Waals surface area (Å²) in [4.78, 5) is 10.5. The van der Waals surface area contributed by atoms with E-state index in [1.807, 2.05) is 13.8 Å². The Balaban J connectivity index is 2.79. The minimum absolute atomic E-state index is 0.256. The van der Waals surface area contributed by atoms with E-state index in [1.54, 1.807) is 32.4 Å². The van der Waals surface area contributed by atoms with Crippen LogP contribution >= 0.6 is 0 Å². The lowest BCUT2D eigenvalue weighted by molar-refractivity contribution is -0.131. The summed E-state index contributed by atoms with van der Waals surface area (Å²) in [5, 5.41) is 8.65. The smallest absolute Gasteiger partial charge is 0.328 e. The molecule has 21 heavy (non-hydrogen) atoms. The van der Waals surface area contributed by atoms with Crippen LogP contribution in [-0.2, 0) is 9.53 Å². The van der Waals surface area contributed by atoms with Gasteiger partial charge in [-0.15, -0.1) is 0 Å². The largest absolute Gasteiger partial charge is 0.493 e. The molecule has 0 radical (unpaired) electrons. The molecule has 5 heteroatoms. The highest BCUT2D eigenvalue weighted by molar-refractivity contribution is 5.85. The van der Waals surface area contributed by atoms with Gasteiger partial charge in [0.25, 0.3) is 0 Å². The zero-order chi connectivity index (χ0) is 15.9. The molecule has 0 heterocycles. The minimum Gasteiger partial charge on any atom is -0.493 e. The predicted molar refractivity (Wildman–Crippen MR) is 80.9 cm³/mol. The van der Waals surface area contributed by atoms with Crippen molar-refractivity contribution >= 4 is 12.0 Å². The number of carboxylic acids is 1. The van der Waals surface area contributed by atoms with Gasteiger partial charge >= 0.3 is 5.97 Å². The zero-order valence-electron chi connectivity index (χ0n) is 12.9. The zero-order valence-corrected chi connectivity index (χ0v) is 12.9. The van der Waals surface area contributed by atoms with E-state index in [0.29, 0.717) is 18.1 Å². The average molecular weight is 294 g/mol. The highest BCUT2D eigenvalue weighted by Crippen LogP contribution is 2.29. The first-order chi connectivity index (χ1) is 9.88. The van der Waals surface area contributed by atoms with E-state index in [-0.39, 0.29) is 5.60 Å². The van der Waals surface area contributed by atoms with Gasteiger partial charge < -0.3 is 19.3 Å². The maximum Gasteiger partial charge on any atom is 0.328 e. The maximum atomic E-state index is 10.5. The molecule has 0 aliphatic heterocycles. The monoisotopic (exact) mass is 294 g/mol. The topological polar surface area (TPSA) is 65.0 Å². The van der Waals surface area contributed by atoms with Gasteiger partial charge in [-0.25, -0.2) is 4.79 Å². The number of methoxy groups -OCH3 is 2. The van der Waals surface area contributed by atoms with Gasteiger partial charge in [-0.05, 0) is 37.6 Å². The number of hydrogen-bond donors (Lipinski definition) is 1. The summed E-state index contributed by atoms with van der Waals surface area (Å²) in [5.41, 5.74) is 0.479. The van der Waals surface area contributed by atoms with Gasteiger partial charge in [0.15, 0.2) is 11.5 Å². The molecule has 1 aromatic carbocycles. The molecule has 0 amide bonds. The Bertz CT molecular complexity index is 505. The van der Waals surface area contributed by atoms with Crippen LogP contribution in [0.15, 0.2) is 24.3 Å². The second-order valence-corrected chi connectivity index (χ2v) is 5.14. The number of rotatable bonds is 8. The number of ether oxygens (including phenoxy) is 3. The van der Waals surface area contributed by atoms with E-state index >= 15 is 0 Å². The van der Waals surface area contributed by atoms with Crippen LogP contribution in [0.2, 0.25) is 0 Å². The van der Waals surface area contributed by atoms with Crippen LogP contribution in [0.1, 0.15) is 25.8 Å². The summed E-state index contributed by atoms with van der Waals surface area (Å²) in [5.74, 6) is 0.199. The molecule has 0 spiro atoms. The van der Waals surface area contributed by atoms with Crippen LogP contribution in [-0.4, -0.2) is 37.5 Å². The van der Waals surface area contributed by atoms with Gasteiger partial charge in [0.1, 0.15) is 0 Å². The fourth-order valence-corrected chi connectivity index (χ4v) is 1.59. The van der Waals surface area contributed by atoms with Crippen LogP contribution in [0.5, 0.6) is 11.5 Å². The van der Waals surface area contributed by atoms with E-state index in [0.717, 1.165) is 18.1 Å². The molecular weight excluding hydrogens is 272 g/mol. The Kier molecular flexibility index (Phi) is 6.24. The van der Waals surface area contributed by atoms with Crippen LogP contribution < -0.4 is 9.47 Å². The third kappa shape index (κ3) is 5.87. The van der Waals surface area contributed by atoms with Gasteiger partial charge in [-0.1, -0.05) is 6.07 Å². The van der Waals surface area contributed by atoms with Gasteiger partial charge in [-0.2, -0.15) is 0 Å². The standard InChI is InChI=1S/C16H22O5/c1-16(2,20-4)9-10-21-14-11-12(6-8-15(17)18)5-7-13(14)19-3/h5-8,11H,9-10H2,1-4H3,(H,17,18)/b8-6+. The Morgan fingerprint density at radius 3 is 2.57 bits per heavy atom. The van der Waals surface area contributed by atoms with Crippen molar-refractivity contribution in [2.24, 2.45) is 0 Å². The quantitative estimate of drug-likeness (QED) is 0.747. The number of benzene rings is 1. The number of carboxylic acid groups (broad SMARTS) is 1. The fraction of sp³-hybridized carbons (Fsp3) is 0.438. The summed E-state index contributed by atoms with van der Waals surface area (Å²) in [7, 11) is 3.23. The van der Waals surface area contributed by atoms with Crippen molar-refractivity contribution in [3.63, 3.8) is 0 Å². The molecule has 0 aliphatic rings. The van der Waals surface area contributed by atoms with Crippen molar-refractivity contribution in [2.45, 2.75) is 25.9 Å². The Morgan fingerprint density at radius 1 is 1.29 bits per heavy atom. The van der Waals surface area contributed by atoms with Gasteiger partial charge in [0, 0.05) is 19.6 Å². The molecule has 0 aromatic heterocycles. The van der Waals surface area contributed by atoms with E-state index in [2.05, 4.69) is 0 Å². The molecule has 116 valence electrons. The predicted octanol–water partition coefficient (Wildman–Crippen LogP) is 2.99. The van der Waals surface area contributed by atoms with E-state index in [1.165, 1.54) is 6.08 Å². The molecule has 5 nitrogen and oxygen atoms in total. The highest BCUT2D eigenvalue weighted by atomic mass is 16.5. The van der Waals surface area contributed by atoms with Gasteiger partial charge in [0.2, 0.25) is 0 Å². The van der Waals surface area contributed by atoms with Crippen LogP contribution in [0.4, 0.5) is 0 Å². The second-order valence-electron chi connectivity index (χ2n) is 5.14. The van der Waals surface area contributed by atoms with E-state index in [9.17, 15) is 4.79 Å². The maximum absolute atomic E-state index is 10.5. The molecule has 1 aromatic rings. The van der Waals surface area contributed by atoms with Crippen molar-refractivity contribution in [1.29, 1.82) is 0 Å². The minimum atomic E-state index is -0.991. The van der Waals surface area contributed by atoms with Gasteiger partial charge in [-0.3, -0.25) is 0 Å². The van der Waals surface area contributed by atoms with Crippen molar-refractivity contribution < 1.29 is 24.1 Å². The summed E-state index contributed by atoms with van der Waals surface area (Å²) in [6.45, 7) is 4.45. The molecule has 0 fully saturated rings. The first-order valence-electron chi connectivity index (χ1n) is 6.65. The van der Waals surface area contributed by atoms with Crippen LogP contribution in [0, 0.1) is 0 Å². The first kappa shape index (κ1) is 17.0. The summed E-state index contributed by atoms with van der Waals surface area (Å²) >= 11 is 0. The SMILES string of the molecule is COc1ccc(/C=C/C(=O)O)cc1OCCC(C)(C)OC. The first-order valence-corrected chi connectivity index (χ1v) is 6.65. The summed E-state index contributed by atoms with van der Waals surface area (Å²) in [6, 6.07) is 5.26. The highest BCUT2D eigenvalue weighted by Gasteiger charge is 2.16. The van der Waals surface area contributed by atoms with Crippen molar-refractivity contribution in [3.8, 4) is 11.5 Å². The van der Waals surface area contributed by atoms with Crippen molar-refractivity contribution in [2.75, 3.05) is 20.8 Å². The Hall–Kier alpha value is -2.01. The summed E-state index contributed by atoms with van der Waals surface area (Å²) in [6.07, 6.45) is 3.31. The molecule has 1 rings (SSSR count). The van der Waals surface area contributed by atoms with Gasteiger partial charge in [0.05, 0.1) is 19.3 Å². The molecule has 0 aliphatic carbocycles. The van der Waals surface area contributed by atoms with E-state index in [4.69, 9.17) is 19.3 Å². The molecule has 0 saturated carbocycles. The molecule has 0 unspecified atom stereocenters. The molecular formula is C16H22O5.